The van der Waals surface area contributed by atoms with Crippen LogP contribution in [0.2, 0.25) is 0 Å². The number of aromatic nitrogens is 1. The van der Waals surface area contributed by atoms with Crippen LogP contribution >= 0.6 is 0 Å². The van der Waals surface area contributed by atoms with Crippen molar-refractivity contribution in [3.63, 3.8) is 0 Å². The molecule has 2 saturated carbocycles. The smallest absolute Gasteiger partial charge is 0.337 e. The molecule has 2 aliphatic rings. The van der Waals surface area contributed by atoms with Gasteiger partial charge in [0.2, 0.25) is 0 Å². The Labute approximate surface area is 138 Å². The monoisotopic (exact) mass is 316 g/mol. The van der Waals surface area contributed by atoms with Crippen LogP contribution in [-0.4, -0.2) is 22.6 Å². The summed E-state index contributed by atoms with van der Waals surface area (Å²) in [5.74, 6) is 3.06. The van der Waals surface area contributed by atoms with Crippen molar-refractivity contribution in [1.29, 1.82) is 0 Å². The topological polar surface area (TPSA) is 62.2 Å². The van der Waals surface area contributed by atoms with Crippen LogP contribution in [0.4, 0.5) is 5.69 Å². The number of anilines is 1. The van der Waals surface area contributed by atoms with Crippen molar-refractivity contribution in [2.45, 2.75) is 46.0 Å². The quantitative estimate of drug-likeness (QED) is 0.850. The third kappa shape index (κ3) is 3.51. The zero-order valence-corrected chi connectivity index (χ0v) is 14.2. The number of pyridine rings is 1. The van der Waals surface area contributed by atoms with Crippen molar-refractivity contribution < 1.29 is 9.90 Å². The first-order valence-electron chi connectivity index (χ1n) is 8.99. The number of fused-ring (bicyclic) bond motifs is 2. The third-order valence-corrected chi connectivity index (χ3v) is 6.14. The number of carboxylic acids is 1. The van der Waals surface area contributed by atoms with Crippen molar-refractivity contribution in [2.75, 3.05) is 11.9 Å². The molecule has 1 aromatic heterocycles. The van der Waals surface area contributed by atoms with Crippen molar-refractivity contribution in [1.82, 2.24) is 4.98 Å². The maximum Gasteiger partial charge on any atom is 0.337 e. The van der Waals surface area contributed by atoms with Crippen LogP contribution in [-0.2, 0) is 0 Å². The highest BCUT2D eigenvalue weighted by molar-refractivity contribution is 5.93. The highest BCUT2D eigenvalue weighted by atomic mass is 16.4. The molecule has 0 amide bonds. The third-order valence-electron chi connectivity index (χ3n) is 6.14. The average Bonchev–Trinajstić information content (AvgIpc) is 2.54. The maximum atomic E-state index is 11.3. The van der Waals surface area contributed by atoms with Gasteiger partial charge in [0.15, 0.2) is 0 Å². The molecule has 2 fully saturated rings. The van der Waals surface area contributed by atoms with E-state index >= 15 is 0 Å². The zero-order chi connectivity index (χ0) is 16.4. The Kier molecular flexibility index (Phi) is 4.88. The molecule has 0 aliphatic heterocycles. The molecule has 23 heavy (non-hydrogen) atoms. The van der Waals surface area contributed by atoms with E-state index in [9.17, 15) is 9.90 Å². The van der Waals surface area contributed by atoms with Gasteiger partial charge in [0, 0.05) is 12.7 Å². The van der Waals surface area contributed by atoms with Gasteiger partial charge in [-0.25, -0.2) is 4.79 Å². The molecule has 126 valence electrons. The van der Waals surface area contributed by atoms with Gasteiger partial charge in [-0.05, 0) is 61.3 Å². The Morgan fingerprint density at radius 1 is 1.35 bits per heavy atom. The van der Waals surface area contributed by atoms with Crippen LogP contribution in [0.5, 0.6) is 0 Å². The molecule has 2 aliphatic carbocycles. The standard InChI is InChI=1S/C19H28N2O2/c1-3-13-7-14-6-12(2)17(15(8-13)9-14)10-21-18-11-20-5-4-16(18)19(22)23/h4-5,11-15,17,21H,3,6-10H2,1-2H3,(H,22,23). The van der Waals surface area contributed by atoms with Gasteiger partial charge < -0.3 is 10.4 Å². The van der Waals surface area contributed by atoms with E-state index in [-0.39, 0.29) is 0 Å². The lowest BCUT2D eigenvalue weighted by Gasteiger charge is -2.47. The number of nitrogens with one attached hydrogen (secondary N) is 1. The van der Waals surface area contributed by atoms with Crippen LogP contribution in [0.15, 0.2) is 18.5 Å². The van der Waals surface area contributed by atoms with E-state index in [2.05, 4.69) is 24.1 Å². The number of hydrogen-bond donors (Lipinski definition) is 2. The first-order chi connectivity index (χ1) is 11.1. The SMILES string of the molecule is CCC1CC2CC(C)C(CNc3cnccc3C(=O)O)C(C1)C2. The number of nitrogens with zero attached hydrogens (tertiary/aromatic N) is 1. The molecule has 2 N–H and O–H groups in total. The van der Waals surface area contributed by atoms with E-state index in [0.29, 0.717) is 23.1 Å². The van der Waals surface area contributed by atoms with Crippen LogP contribution in [0.25, 0.3) is 0 Å². The molecular formula is C19H28N2O2. The van der Waals surface area contributed by atoms with Crippen LogP contribution in [0.3, 0.4) is 0 Å². The fourth-order valence-corrected chi connectivity index (χ4v) is 4.97. The first-order valence-corrected chi connectivity index (χ1v) is 8.99. The predicted molar refractivity (Wildman–Crippen MR) is 91.6 cm³/mol. The average molecular weight is 316 g/mol. The summed E-state index contributed by atoms with van der Waals surface area (Å²) in [4.78, 5) is 15.4. The zero-order valence-electron chi connectivity index (χ0n) is 14.2. The number of carboxylic acid groups (broad SMARTS) is 1. The van der Waals surface area contributed by atoms with Crippen molar-refractivity contribution in [3.8, 4) is 0 Å². The van der Waals surface area contributed by atoms with Gasteiger partial charge in [-0.2, -0.15) is 0 Å². The minimum atomic E-state index is -0.893. The summed E-state index contributed by atoms with van der Waals surface area (Å²) in [5.41, 5.74) is 0.966. The molecule has 4 heteroatoms. The predicted octanol–water partition coefficient (Wildman–Crippen LogP) is 4.29. The number of carbonyl (C=O) groups is 1. The Morgan fingerprint density at radius 2 is 2.17 bits per heavy atom. The Hall–Kier alpha value is -1.58. The first kappa shape index (κ1) is 16.3. The number of rotatable bonds is 5. The molecule has 5 unspecified atom stereocenters. The molecule has 3 rings (SSSR count). The Morgan fingerprint density at radius 3 is 2.91 bits per heavy atom. The van der Waals surface area contributed by atoms with E-state index < -0.39 is 5.97 Å². The van der Waals surface area contributed by atoms with E-state index in [1.54, 1.807) is 12.3 Å². The number of aromatic carboxylic acids is 1. The summed E-state index contributed by atoms with van der Waals surface area (Å²) in [6, 6.07) is 1.57. The molecule has 1 heterocycles. The minimum absolute atomic E-state index is 0.316. The van der Waals surface area contributed by atoms with Gasteiger partial charge in [0.25, 0.3) is 0 Å². The van der Waals surface area contributed by atoms with Crippen LogP contribution in [0, 0.1) is 29.6 Å². The van der Waals surface area contributed by atoms with Crippen molar-refractivity contribution in [3.05, 3.63) is 24.0 Å². The summed E-state index contributed by atoms with van der Waals surface area (Å²) in [7, 11) is 0. The fraction of sp³-hybridized carbons (Fsp3) is 0.684. The van der Waals surface area contributed by atoms with Gasteiger partial charge in [0.1, 0.15) is 0 Å². The molecule has 0 spiro atoms. The maximum absolute atomic E-state index is 11.3. The van der Waals surface area contributed by atoms with E-state index in [0.717, 1.165) is 24.3 Å². The highest BCUT2D eigenvalue weighted by Gasteiger charge is 2.40. The molecule has 0 aromatic carbocycles. The lowest BCUT2D eigenvalue weighted by Crippen LogP contribution is -2.40. The van der Waals surface area contributed by atoms with Gasteiger partial charge in [-0.3, -0.25) is 4.98 Å². The molecule has 0 radical (unpaired) electrons. The molecule has 0 saturated heterocycles. The largest absolute Gasteiger partial charge is 0.478 e. The summed E-state index contributed by atoms with van der Waals surface area (Å²) in [6.45, 7) is 5.55. The second kappa shape index (κ2) is 6.90. The lowest BCUT2D eigenvalue weighted by atomic mass is 9.59. The summed E-state index contributed by atoms with van der Waals surface area (Å²) in [5, 5.41) is 12.7. The Bertz CT molecular complexity index is 558. The van der Waals surface area contributed by atoms with E-state index in [1.165, 1.54) is 38.3 Å². The van der Waals surface area contributed by atoms with Crippen molar-refractivity contribution in [2.24, 2.45) is 29.6 Å². The van der Waals surface area contributed by atoms with Gasteiger partial charge in [0.05, 0.1) is 17.4 Å². The van der Waals surface area contributed by atoms with Crippen LogP contribution < -0.4 is 5.32 Å². The second-order valence-corrected chi connectivity index (χ2v) is 7.59. The molecule has 4 nitrogen and oxygen atoms in total. The van der Waals surface area contributed by atoms with Gasteiger partial charge in [-0.15, -0.1) is 0 Å². The van der Waals surface area contributed by atoms with E-state index in [4.69, 9.17) is 0 Å². The lowest BCUT2D eigenvalue weighted by molar-refractivity contribution is 0.0473. The van der Waals surface area contributed by atoms with E-state index in [1.807, 2.05) is 0 Å². The summed E-state index contributed by atoms with van der Waals surface area (Å²) in [6.07, 6.45) is 9.94. The second-order valence-electron chi connectivity index (χ2n) is 7.59. The summed E-state index contributed by atoms with van der Waals surface area (Å²) >= 11 is 0. The van der Waals surface area contributed by atoms with Gasteiger partial charge >= 0.3 is 5.97 Å². The fourth-order valence-electron chi connectivity index (χ4n) is 4.97. The molecular weight excluding hydrogens is 288 g/mol. The molecule has 1 aromatic rings. The van der Waals surface area contributed by atoms with Crippen molar-refractivity contribution >= 4 is 11.7 Å². The number of hydrogen-bond acceptors (Lipinski definition) is 3. The minimum Gasteiger partial charge on any atom is -0.478 e. The highest BCUT2D eigenvalue weighted by Crippen LogP contribution is 2.48. The summed E-state index contributed by atoms with van der Waals surface area (Å²) < 4.78 is 0. The Balaban J connectivity index is 1.68. The van der Waals surface area contributed by atoms with Crippen LogP contribution in [0.1, 0.15) is 56.3 Å². The normalized spacial score (nSPS) is 33.2. The molecule has 2 bridgehead atoms. The molecule has 5 atom stereocenters. The van der Waals surface area contributed by atoms with Gasteiger partial charge in [-0.1, -0.05) is 20.3 Å².